The van der Waals surface area contributed by atoms with Gasteiger partial charge in [-0.2, -0.15) is 0 Å². The van der Waals surface area contributed by atoms with Crippen molar-refractivity contribution in [3.05, 3.63) is 0 Å². The van der Waals surface area contributed by atoms with Gasteiger partial charge in [0.1, 0.15) is 18.1 Å². The summed E-state index contributed by atoms with van der Waals surface area (Å²) in [6.07, 6.45) is 1.16. The minimum Gasteiger partial charge on any atom is -0.481 e. The summed E-state index contributed by atoms with van der Waals surface area (Å²) in [4.78, 5) is 60.9. The van der Waals surface area contributed by atoms with Crippen LogP contribution in [0.1, 0.15) is 66.2 Å². The van der Waals surface area contributed by atoms with Crippen LogP contribution < -0.4 is 27.4 Å². The molecule has 5 unspecified atom stereocenters. The van der Waals surface area contributed by atoms with Crippen LogP contribution >= 0.6 is 0 Å². The lowest BCUT2D eigenvalue weighted by Gasteiger charge is -2.27. The highest BCUT2D eigenvalue weighted by Gasteiger charge is 2.32. The number of hydrogen-bond acceptors (Lipinski definition) is 7. The summed E-state index contributed by atoms with van der Waals surface area (Å²) < 4.78 is 0. The van der Waals surface area contributed by atoms with Crippen molar-refractivity contribution in [2.75, 3.05) is 6.54 Å². The second-order valence-corrected chi connectivity index (χ2v) is 8.82. The molecule has 0 radical (unpaired) electrons. The van der Waals surface area contributed by atoms with Gasteiger partial charge < -0.3 is 37.6 Å². The van der Waals surface area contributed by atoms with Gasteiger partial charge in [0.2, 0.25) is 17.7 Å². The van der Waals surface area contributed by atoms with Crippen molar-refractivity contribution in [3.8, 4) is 0 Å². The van der Waals surface area contributed by atoms with Gasteiger partial charge in [-0.05, 0) is 44.1 Å². The molecule has 0 aromatic carbocycles. The fraction of sp³-hybridized carbons (Fsp3) is 0.773. The Morgan fingerprint density at radius 1 is 0.824 bits per heavy atom. The fourth-order valence-electron chi connectivity index (χ4n) is 3.08. The Kier molecular flexibility index (Phi) is 14.7. The van der Waals surface area contributed by atoms with Gasteiger partial charge >= 0.3 is 11.9 Å². The van der Waals surface area contributed by atoms with Gasteiger partial charge in [0.15, 0.2) is 0 Å². The number of carbonyl (C=O) groups excluding carboxylic acids is 3. The van der Waals surface area contributed by atoms with E-state index in [2.05, 4.69) is 16.0 Å². The van der Waals surface area contributed by atoms with E-state index in [1.807, 2.05) is 0 Å². The minimum absolute atomic E-state index is 0.187. The van der Waals surface area contributed by atoms with Crippen LogP contribution in [0.15, 0.2) is 0 Å². The number of carboxylic acid groups (broad SMARTS) is 2. The van der Waals surface area contributed by atoms with Crippen LogP contribution in [0.2, 0.25) is 0 Å². The zero-order valence-electron chi connectivity index (χ0n) is 20.5. The van der Waals surface area contributed by atoms with Crippen molar-refractivity contribution in [1.29, 1.82) is 0 Å². The molecule has 0 bridgehead atoms. The van der Waals surface area contributed by atoms with E-state index in [1.165, 1.54) is 0 Å². The van der Waals surface area contributed by atoms with E-state index >= 15 is 0 Å². The van der Waals surface area contributed by atoms with Crippen molar-refractivity contribution < 1.29 is 34.2 Å². The number of amides is 3. The van der Waals surface area contributed by atoms with Crippen molar-refractivity contribution >= 4 is 29.7 Å². The van der Waals surface area contributed by atoms with Crippen LogP contribution in [0.5, 0.6) is 0 Å². The highest BCUT2D eigenvalue weighted by atomic mass is 16.4. The maximum atomic E-state index is 13.0. The Hall–Kier alpha value is -2.73. The molecule has 0 saturated heterocycles. The molecule has 9 N–H and O–H groups in total. The maximum Gasteiger partial charge on any atom is 0.326 e. The highest BCUT2D eigenvalue weighted by Crippen LogP contribution is 2.10. The van der Waals surface area contributed by atoms with Gasteiger partial charge in [0.05, 0.1) is 6.04 Å². The second kappa shape index (κ2) is 16.0. The number of nitrogens with one attached hydrogen (secondary N) is 3. The summed E-state index contributed by atoms with van der Waals surface area (Å²) in [7, 11) is 0. The van der Waals surface area contributed by atoms with E-state index < -0.39 is 60.2 Å². The van der Waals surface area contributed by atoms with E-state index in [1.54, 1.807) is 27.7 Å². The molecular weight excluding hydrogens is 446 g/mol. The molecule has 0 spiro atoms. The third-order valence-corrected chi connectivity index (χ3v) is 5.66. The Morgan fingerprint density at radius 2 is 1.35 bits per heavy atom. The van der Waals surface area contributed by atoms with E-state index in [-0.39, 0.29) is 24.7 Å². The molecule has 12 nitrogen and oxygen atoms in total. The smallest absolute Gasteiger partial charge is 0.326 e. The number of carbonyl (C=O) groups is 5. The maximum absolute atomic E-state index is 13.0. The predicted octanol–water partition coefficient (Wildman–Crippen LogP) is -0.451. The van der Waals surface area contributed by atoms with E-state index in [0.29, 0.717) is 25.8 Å². The first-order valence-corrected chi connectivity index (χ1v) is 11.7. The van der Waals surface area contributed by atoms with Gasteiger partial charge in [0.25, 0.3) is 0 Å². The number of aliphatic carboxylic acids is 2. The first kappa shape index (κ1) is 31.3. The molecule has 196 valence electrons. The Bertz CT molecular complexity index is 701. The molecule has 12 heteroatoms. The average Bonchev–Trinajstić information content (AvgIpc) is 2.77. The molecule has 0 aliphatic carbocycles. The highest BCUT2D eigenvalue weighted by molar-refractivity contribution is 5.94. The first-order valence-electron chi connectivity index (χ1n) is 11.7. The lowest BCUT2D eigenvalue weighted by Crippen LogP contribution is -2.58. The standard InChI is InChI=1S/C22H41N5O7/c1-5-13(4)18(22(33)34)27-20(31)14(8-6-7-11-23)25-19(30)15(9-10-16(28)29)26-21(32)17(24)12(2)3/h12-15,17-18H,5-11,23-24H2,1-4H3,(H,25,30)(H,26,32)(H,27,31)(H,28,29)(H,33,34). The number of rotatable bonds is 17. The third-order valence-electron chi connectivity index (χ3n) is 5.66. The molecular formula is C22H41N5O7. The summed E-state index contributed by atoms with van der Waals surface area (Å²) in [5, 5.41) is 26.0. The lowest BCUT2D eigenvalue weighted by atomic mass is 9.98. The second-order valence-electron chi connectivity index (χ2n) is 8.82. The van der Waals surface area contributed by atoms with Crippen LogP contribution in [0, 0.1) is 11.8 Å². The molecule has 3 amide bonds. The van der Waals surface area contributed by atoms with Gasteiger partial charge in [0, 0.05) is 6.42 Å². The molecule has 34 heavy (non-hydrogen) atoms. The monoisotopic (exact) mass is 487 g/mol. The van der Waals surface area contributed by atoms with Crippen LogP contribution in [0.3, 0.4) is 0 Å². The van der Waals surface area contributed by atoms with Crippen molar-refractivity contribution in [2.45, 2.75) is 90.4 Å². The summed E-state index contributed by atoms with van der Waals surface area (Å²) in [5.41, 5.74) is 11.3. The molecule has 0 aliphatic rings. The summed E-state index contributed by atoms with van der Waals surface area (Å²) in [5.74, 6) is -4.96. The normalized spacial score (nSPS) is 15.5. The van der Waals surface area contributed by atoms with Crippen LogP contribution in [0.25, 0.3) is 0 Å². The molecule has 0 aromatic rings. The molecule has 5 atom stereocenters. The van der Waals surface area contributed by atoms with Crippen molar-refractivity contribution in [2.24, 2.45) is 23.3 Å². The van der Waals surface area contributed by atoms with Crippen molar-refractivity contribution in [1.82, 2.24) is 16.0 Å². The summed E-state index contributed by atoms with van der Waals surface area (Å²) in [6, 6.07) is -4.37. The van der Waals surface area contributed by atoms with Gasteiger partial charge in [-0.25, -0.2) is 4.79 Å². The topological polar surface area (TPSA) is 214 Å². The quantitative estimate of drug-likeness (QED) is 0.132. The molecule has 0 heterocycles. The van der Waals surface area contributed by atoms with Crippen molar-refractivity contribution in [3.63, 3.8) is 0 Å². The summed E-state index contributed by atoms with van der Waals surface area (Å²) >= 11 is 0. The van der Waals surface area contributed by atoms with Gasteiger partial charge in [-0.1, -0.05) is 34.1 Å². The first-order chi connectivity index (χ1) is 15.8. The Morgan fingerprint density at radius 3 is 1.82 bits per heavy atom. The number of unbranched alkanes of at least 4 members (excludes halogenated alkanes) is 1. The lowest BCUT2D eigenvalue weighted by molar-refractivity contribution is -0.144. The molecule has 0 fully saturated rings. The van der Waals surface area contributed by atoms with Gasteiger partial charge in [-0.15, -0.1) is 0 Å². The van der Waals surface area contributed by atoms with E-state index in [4.69, 9.17) is 16.6 Å². The zero-order chi connectivity index (χ0) is 26.4. The minimum atomic E-state index is -1.23. The predicted molar refractivity (Wildman–Crippen MR) is 125 cm³/mol. The molecule has 0 rings (SSSR count). The molecule has 0 aliphatic heterocycles. The average molecular weight is 488 g/mol. The van der Waals surface area contributed by atoms with Crippen LogP contribution in [-0.4, -0.2) is 70.6 Å². The SMILES string of the molecule is CCC(C)C(NC(=O)C(CCCCN)NC(=O)C(CCC(=O)O)NC(=O)C(N)C(C)C)C(=O)O. The Labute approximate surface area is 200 Å². The summed E-state index contributed by atoms with van der Waals surface area (Å²) in [6.45, 7) is 7.31. The molecule has 0 saturated carbocycles. The van der Waals surface area contributed by atoms with Gasteiger partial charge in [-0.3, -0.25) is 19.2 Å². The molecule has 0 aromatic heterocycles. The number of nitrogens with two attached hydrogens (primary N) is 2. The number of hydrogen-bond donors (Lipinski definition) is 7. The van der Waals surface area contributed by atoms with E-state index in [9.17, 15) is 29.1 Å². The third kappa shape index (κ3) is 11.4. The number of carboxylic acids is 2. The zero-order valence-corrected chi connectivity index (χ0v) is 20.5. The van der Waals surface area contributed by atoms with E-state index in [0.717, 1.165) is 0 Å². The fourth-order valence-corrected chi connectivity index (χ4v) is 3.08. The van der Waals surface area contributed by atoms with Crippen LogP contribution in [0.4, 0.5) is 0 Å². The van der Waals surface area contributed by atoms with Crippen LogP contribution in [-0.2, 0) is 24.0 Å². The largest absolute Gasteiger partial charge is 0.481 e. The Balaban J connectivity index is 5.62.